The van der Waals surface area contributed by atoms with E-state index in [4.69, 9.17) is 0 Å². The van der Waals surface area contributed by atoms with Gasteiger partial charge in [0.15, 0.2) is 0 Å². The Balaban J connectivity index is 1.81. The fourth-order valence-corrected chi connectivity index (χ4v) is 2.96. The van der Waals surface area contributed by atoms with Crippen LogP contribution in [-0.4, -0.2) is 11.2 Å². The number of rotatable bonds is 3. The number of hydrogen-bond donors (Lipinski definition) is 0. The first-order valence-corrected chi connectivity index (χ1v) is 7.72. The zero-order chi connectivity index (χ0) is 15.5. The van der Waals surface area contributed by atoms with Crippen molar-refractivity contribution < 1.29 is 0 Å². The Morgan fingerprint density at radius 1 is 0.783 bits per heavy atom. The third-order valence-corrected chi connectivity index (χ3v) is 4.04. The third-order valence-electron chi connectivity index (χ3n) is 4.04. The summed E-state index contributed by atoms with van der Waals surface area (Å²) >= 11 is 0. The lowest BCUT2D eigenvalue weighted by atomic mass is 9.97. The molecule has 0 aliphatic heterocycles. The number of fused-ring (bicyclic) bond motifs is 2. The van der Waals surface area contributed by atoms with Crippen molar-refractivity contribution in [2.45, 2.75) is 6.54 Å². The maximum atomic E-state index is 4.62. The van der Waals surface area contributed by atoms with E-state index in [2.05, 4.69) is 64.6 Å². The highest BCUT2D eigenvalue weighted by molar-refractivity contribution is 6.02. The van der Waals surface area contributed by atoms with Gasteiger partial charge in [0, 0.05) is 12.4 Å². The molecule has 23 heavy (non-hydrogen) atoms. The number of aromatic nitrogens is 1. The summed E-state index contributed by atoms with van der Waals surface area (Å²) in [5.74, 6) is 0. The van der Waals surface area contributed by atoms with Crippen LogP contribution in [0.25, 0.3) is 21.5 Å². The highest BCUT2D eigenvalue weighted by Crippen LogP contribution is 2.28. The van der Waals surface area contributed by atoms with Crippen LogP contribution in [-0.2, 0) is 6.54 Å². The molecule has 0 saturated carbocycles. The van der Waals surface area contributed by atoms with Crippen LogP contribution in [0.5, 0.6) is 0 Å². The molecule has 0 bridgehead atoms. The summed E-state index contributed by atoms with van der Waals surface area (Å²) < 4.78 is 0. The lowest BCUT2D eigenvalue weighted by Crippen LogP contribution is -1.91. The van der Waals surface area contributed by atoms with Gasteiger partial charge < -0.3 is 0 Å². The van der Waals surface area contributed by atoms with Gasteiger partial charge in [-0.15, -0.1) is 0 Å². The number of benzene rings is 3. The molecule has 0 radical (unpaired) electrons. The number of hydrogen-bond acceptors (Lipinski definition) is 2. The first kappa shape index (κ1) is 13.6. The van der Waals surface area contributed by atoms with Crippen molar-refractivity contribution >= 4 is 27.8 Å². The minimum absolute atomic E-state index is 0.651. The van der Waals surface area contributed by atoms with Crippen molar-refractivity contribution in [3.63, 3.8) is 0 Å². The number of aliphatic imine (C=N–C) groups is 1. The third kappa shape index (κ3) is 2.71. The van der Waals surface area contributed by atoms with E-state index in [1.54, 1.807) is 6.20 Å². The van der Waals surface area contributed by atoms with Crippen LogP contribution in [0.15, 0.2) is 84.0 Å². The Kier molecular flexibility index (Phi) is 3.57. The van der Waals surface area contributed by atoms with Gasteiger partial charge in [-0.05, 0) is 45.3 Å². The molecule has 1 aromatic heterocycles. The molecule has 1 heterocycles. The smallest absolute Gasteiger partial charge is 0.0807 e. The number of pyridine rings is 1. The minimum atomic E-state index is 0.651. The molecule has 0 atom stereocenters. The molecule has 0 spiro atoms. The molecular formula is C21H16N2. The fourth-order valence-electron chi connectivity index (χ4n) is 2.96. The van der Waals surface area contributed by atoms with Crippen molar-refractivity contribution in [3.8, 4) is 0 Å². The van der Waals surface area contributed by atoms with Crippen molar-refractivity contribution in [3.05, 3.63) is 90.3 Å². The predicted molar refractivity (Wildman–Crippen MR) is 97.0 cm³/mol. The molecule has 0 unspecified atom stereocenters. The van der Waals surface area contributed by atoms with Gasteiger partial charge in [0.05, 0.1) is 12.2 Å². The van der Waals surface area contributed by atoms with Crippen molar-refractivity contribution in [2.24, 2.45) is 4.99 Å². The molecule has 2 nitrogen and oxygen atoms in total. The highest BCUT2D eigenvalue weighted by atomic mass is 14.7. The SMILES string of the molecule is C(=NCc1c2ccccc2cc2ccccc12)c1ccccn1. The molecule has 4 rings (SSSR count). The molecule has 4 aromatic rings. The van der Waals surface area contributed by atoms with Gasteiger partial charge in [-0.1, -0.05) is 54.6 Å². The van der Waals surface area contributed by atoms with Gasteiger partial charge in [0.2, 0.25) is 0 Å². The van der Waals surface area contributed by atoms with Crippen molar-refractivity contribution in [1.29, 1.82) is 0 Å². The van der Waals surface area contributed by atoms with Crippen molar-refractivity contribution in [1.82, 2.24) is 4.98 Å². The quantitative estimate of drug-likeness (QED) is 0.385. The molecular weight excluding hydrogens is 280 g/mol. The summed E-state index contributed by atoms with van der Waals surface area (Å²) in [5, 5.41) is 5.05. The molecule has 0 fully saturated rings. The Morgan fingerprint density at radius 3 is 2.09 bits per heavy atom. The van der Waals surface area contributed by atoms with Gasteiger partial charge >= 0.3 is 0 Å². The number of nitrogens with zero attached hydrogens (tertiary/aromatic N) is 2. The van der Waals surface area contributed by atoms with Crippen LogP contribution < -0.4 is 0 Å². The summed E-state index contributed by atoms with van der Waals surface area (Å²) in [5.41, 5.74) is 2.16. The van der Waals surface area contributed by atoms with Crippen molar-refractivity contribution in [2.75, 3.05) is 0 Å². The van der Waals surface area contributed by atoms with E-state index >= 15 is 0 Å². The van der Waals surface area contributed by atoms with E-state index in [0.717, 1.165) is 5.69 Å². The average molecular weight is 296 g/mol. The second kappa shape index (κ2) is 6.01. The first-order chi connectivity index (χ1) is 11.4. The van der Waals surface area contributed by atoms with Gasteiger partial charge in [-0.2, -0.15) is 0 Å². The van der Waals surface area contributed by atoms with Crippen LogP contribution in [0, 0.1) is 0 Å². The van der Waals surface area contributed by atoms with Gasteiger partial charge in [0.25, 0.3) is 0 Å². The van der Waals surface area contributed by atoms with E-state index in [9.17, 15) is 0 Å². The fraction of sp³-hybridized carbons (Fsp3) is 0.0476. The largest absolute Gasteiger partial charge is 0.286 e. The molecule has 0 saturated heterocycles. The molecule has 0 aliphatic carbocycles. The van der Waals surface area contributed by atoms with E-state index in [1.165, 1.54) is 27.1 Å². The molecule has 0 amide bonds. The lowest BCUT2D eigenvalue weighted by Gasteiger charge is -2.09. The van der Waals surface area contributed by atoms with Gasteiger partial charge in [0.1, 0.15) is 0 Å². The Bertz CT molecular complexity index is 934. The first-order valence-electron chi connectivity index (χ1n) is 7.72. The second-order valence-electron chi connectivity index (χ2n) is 5.52. The van der Waals surface area contributed by atoms with Crippen LogP contribution in [0.3, 0.4) is 0 Å². The lowest BCUT2D eigenvalue weighted by molar-refractivity contribution is 1.10. The summed E-state index contributed by atoms with van der Waals surface area (Å²) in [6, 6.07) is 25.1. The zero-order valence-corrected chi connectivity index (χ0v) is 12.7. The molecule has 110 valence electrons. The summed E-state index contributed by atoms with van der Waals surface area (Å²) in [6.45, 7) is 0.651. The molecule has 0 aliphatic rings. The van der Waals surface area contributed by atoms with Crippen LogP contribution in [0.1, 0.15) is 11.3 Å². The molecule has 2 heteroatoms. The summed E-state index contributed by atoms with van der Waals surface area (Å²) in [7, 11) is 0. The van der Waals surface area contributed by atoms with E-state index in [0.29, 0.717) is 6.54 Å². The average Bonchev–Trinajstić information content (AvgIpc) is 2.62. The summed E-state index contributed by atoms with van der Waals surface area (Å²) in [4.78, 5) is 8.91. The normalized spacial score (nSPS) is 11.5. The Morgan fingerprint density at radius 2 is 1.43 bits per heavy atom. The topological polar surface area (TPSA) is 25.2 Å². The van der Waals surface area contributed by atoms with E-state index in [-0.39, 0.29) is 0 Å². The van der Waals surface area contributed by atoms with Crippen LogP contribution >= 0.6 is 0 Å². The van der Waals surface area contributed by atoms with E-state index < -0.39 is 0 Å². The maximum Gasteiger partial charge on any atom is 0.0807 e. The van der Waals surface area contributed by atoms with Gasteiger partial charge in [-0.25, -0.2) is 0 Å². The highest BCUT2D eigenvalue weighted by Gasteiger charge is 2.06. The van der Waals surface area contributed by atoms with Gasteiger partial charge in [-0.3, -0.25) is 9.98 Å². The zero-order valence-electron chi connectivity index (χ0n) is 12.7. The molecule has 3 aromatic carbocycles. The standard InChI is InChI=1S/C21H16N2/c1-3-10-19-16(7-1)13-17-8-2-4-11-20(17)21(19)15-22-14-18-9-5-6-12-23-18/h1-14H,15H2. The van der Waals surface area contributed by atoms with E-state index in [1.807, 2.05) is 24.4 Å². The van der Waals surface area contributed by atoms with Crippen LogP contribution in [0.4, 0.5) is 0 Å². The Hall–Kier alpha value is -3.00. The van der Waals surface area contributed by atoms with Crippen LogP contribution in [0.2, 0.25) is 0 Å². The summed E-state index contributed by atoms with van der Waals surface area (Å²) in [6.07, 6.45) is 3.63. The molecule has 0 N–H and O–H groups in total. The Labute approximate surface area is 135 Å². The monoisotopic (exact) mass is 296 g/mol. The minimum Gasteiger partial charge on any atom is -0.286 e. The predicted octanol–water partition coefficient (Wildman–Crippen LogP) is 5.01. The second-order valence-corrected chi connectivity index (χ2v) is 5.52. The maximum absolute atomic E-state index is 4.62.